The van der Waals surface area contributed by atoms with Crippen LogP contribution in [0.25, 0.3) is 0 Å². The smallest absolute Gasteiger partial charge is 0.254 e. The Morgan fingerprint density at radius 3 is 2.78 bits per heavy atom. The van der Waals surface area contributed by atoms with Crippen LogP contribution in [0.2, 0.25) is 0 Å². The first-order valence-electron chi connectivity index (χ1n) is 6.30. The predicted molar refractivity (Wildman–Crippen MR) is 71.9 cm³/mol. The second-order valence-corrected chi connectivity index (χ2v) is 4.73. The maximum Gasteiger partial charge on any atom is 0.254 e. The van der Waals surface area contributed by atoms with Crippen molar-refractivity contribution in [2.75, 3.05) is 19.8 Å². The molecule has 0 N–H and O–H groups in total. The van der Waals surface area contributed by atoms with E-state index in [4.69, 9.17) is 16.3 Å². The number of carbonyl (C=O) groups is 1. The molecule has 2 rings (SSSR count). The van der Waals surface area contributed by atoms with E-state index < -0.39 is 0 Å². The molecule has 0 saturated carbocycles. The summed E-state index contributed by atoms with van der Waals surface area (Å²) in [4.78, 5) is 14.3. The van der Waals surface area contributed by atoms with Crippen molar-refractivity contribution in [3.8, 4) is 0 Å². The topological polar surface area (TPSA) is 29.5 Å². The zero-order valence-electron chi connectivity index (χ0n) is 10.6. The Labute approximate surface area is 113 Å². The fourth-order valence-corrected chi connectivity index (χ4v) is 2.34. The van der Waals surface area contributed by atoms with E-state index in [0.717, 1.165) is 17.5 Å². The molecule has 1 aliphatic heterocycles. The largest absolute Gasteiger partial charge is 0.377 e. The van der Waals surface area contributed by atoms with E-state index in [1.54, 1.807) is 0 Å². The van der Waals surface area contributed by atoms with Gasteiger partial charge in [-0.25, -0.2) is 0 Å². The maximum atomic E-state index is 12.4. The molecule has 1 unspecified atom stereocenters. The minimum Gasteiger partial charge on any atom is -0.377 e. The summed E-state index contributed by atoms with van der Waals surface area (Å²) in [6, 6.07) is 7.70. The second-order valence-electron chi connectivity index (χ2n) is 4.47. The molecule has 0 aliphatic carbocycles. The number of ether oxygens (including phenoxy) is 1. The van der Waals surface area contributed by atoms with E-state index in [1.807, 2.05) is 29.2 Å². The third kappa shape index (κ3) is 2.85. The van der Waals surface area contributed by atoms with Crippen molar-refractivity contribution in [3.63, 3.8) is 0 Å². The summed E-state index contributed by atoms with van der Waals surface area (Å²) >= 11 is 5.74. The summed E-state index contributed by atoms with van der Waals surface area (Å²) in [5, 5.41) is 0. The summed E-state index contributed by atoms with van der Waals surface area (Å²) in [5.41, 5.74) is 1.76. The number of nitrogens with zero attached hydrogens (tertiary/aromatic N) is 1. The van der Waals surface area contributed by atoms with Crippen LogP contribution in [0.5, 0.6) is 0 Å². The number of benzene rings is 1. The highest BCUT2D eigenvalue weighted by Crippen LogP contribution is 2.15. The first kappa shape index (κ1) is 13.4. The minimum absolute atomic E-state index is 0.0891. The van der Waals surface area contributed by atoms with Gasteiger partial charge in [-0.1, -0.05) is 19.1 Å². The number of rotatable bonds is 3. The Morgan fingerprint density at radius 2 is 2.17 bits per heavy atom. The molecule has 1 atom stereocenters. The molecule has 18 heavy (non-hydrogen) atoms. The Kier molecular flexibility index (Phi) is 4.61. The molecule has 1 aromatic carbocycles. The van der Waals surface area contributed by atoms with Gasteiger partial charge >= 0.3 is 0 Å². The van der Waals surface area contributed by atoms with Gasteiger partial charge in [0.25, 0.3) is 5.91 Å². The van der Waals surface area contributed by atoms with Gasteiger partial charge in [0.2, 0.25) is 0 Å². The van der Waals surface area contributed by atoms with Crippen molar-refractivity contribution >= 4 is 17.5 Å². The van der Waals surface area contributed by atoms with Crippen LogP contribution in [-0.2, 0) is 10.6 Å². The number of alkyl halides is 1. The molecule has 1 aromatic rings. The van der Waals surface area contributed by atoms with E-state index in [1.165, 1.54) is 0 Å². The zero-order valence-corrected chi connectivity index (χ0v) is 11.3. The summed E-state index contributed by atoms with van der Waals surface area (Å²) in [6.07, 6.45) is 0.922. The molecule has 0 spiro atoms. The molecule has 0 aromatic heterocycles. The van der Waals surface area contributed by atoms with Crippen LogP contribution in [0, 0.1) is 0 Å². The summed E-state index contributed by atoms with van der Waals surface area (Å²) in [5.74, 6) is 0.565. The third-order valence-corrected chi connectivity index (χ3v) is 3.62. The van der Waals surface area contributed by atoms with E-state index in [2.05, 4.69) is 6.92 Å². The van der Waals surface area contributed by atoms with Gasteiger partial charge in [0.05, 0.1) is 19.3 Å². The number of morpholine rings is 1. The first-order chi connectivity index (χ1) is 8.76. The quantitative estimate of drug-likeness (QED) is 0.788. The molecular formula is C14H18ClNO2. The van der Waals surface area contributed by atoms with E-state index >= 15 is 0 Å². The average molecular weight is 268 g/mol. The SMILES string of the molecule is CCC1COCCN1C(=O)c1ccc(CCl)cc1. The third-order valence-electron chi connectivity index (χ3n) is 3.31. The Morgan fingerprint density at radius 1 is 1.44 bits per heavy atom. The minimum atomic E-state index is 0.0891. The first-order valence-corrected chi connectivity index (χ1v) is 6.83. The lowest BCUT2D eigenvalue weighted by molar-refractivity contribution is -0.00279. The number of amides is 1. The molecular weight excluding hydrogens is 250 g/mol. The Balaban J connectivity index is 2.13. The normalized spacial score (nSPS) is 19.9. The summed E-state index contributed by atoms with van der Waals surface area (Å²) < 4.78 is 5.41. The van der Waals surface area contributed by atoms with Crippen molar-refractivity contribution in [2.45, 2.75) is 25.3 Å². The molecule has 1 saturated heterocycles. The fourth-order valence-electron chi connectivity index (χ4n) is 2.16. The second kappa shape index (κ2) is 6.21. The summed E-state index contributed by atoms with van der Waals surface area (Å²) in [6.45, 7) is 4.02. The average Bonchev–Trinajstić information content (AvgIpc) is 2.46. The van der Waals surface area contributed by atoms with Gasteiger partial charge in [0.15, 0.2) is 0 Å². The zero-order chi connectivity index (χ0) is 13.0. The molecule has 1 aliphatic rings. The van der Waals surface area contributed by atoms with Crippen molar-refractivity contribution < 1.29 is 9.53 Å². The molecule has 0 bridgehead atoms. The van der Waals surface area contributed by atoms with Crippen LogP contribution in [0.3, 0.4) is 0 Å². The Hall–Kier alpha value is -1.06. The van der Waals surface area contributed by atoms with Crippen LogP contribution in [0.4, 0.5) is 0 Å². The van der Waals surface area contributed by atoms with E-state index in [0.29, 0.717) is 25.6 Å². The van der Waals surface area contributed by atoms with Crippen molar-refractivity contribution in [3.05, 3.63) is 35.4 Å². The fraction of sp³-hybridized carbons (Fsp3) is 0.500. The van der Waals surface area contributed by atoms with Crippen molar-refractivity contribution in [2.24, 2.45) is 0 Å². The highest BCUT2D eigenvalue weighted by Gasteiger charge is 2.26. The van der Waals surface area contributed by atoms with Crippen molar-refractivity contribution in [1.82, 2.24) is 4.90 Å². The van der Waals surface area contributed by atoms with Gasteiger partial charge in [-0.3, -0.25) is 4.79 Å². The predicted octanol–water partition coefficient (Wildman–Crippen LogP) is 2.68. The van der Waals surface area contributed by atoms with Crippen LogP contribution < -0.4 is 0 Å². The number of carbonyl (C=O) groups excluding carboxylic acids is 1. The highest BCUT2D eigenvalue weighted by atomic mass is 35.5. The number of hydrogen-bond acceptors (Lipinski definition) is 2. The van der Waals surface area contributed by atoms with Gasteiger partial charge < -0.3 is 9.64 Å². The van der Waals surface area contributed by atoms with Crippen molar-refractivity contribution in [1.29, 1.82) is 0 Å². The van der Waals surface area contributed by atoms with Gasteiger partial charge in [-0.15, -0.1) is 11.6 Å². The summed E-state index contributed by atoms with van der Waals surface area (Å²) in [7, 11) is 0. The van der Waals surface area contributed by atoms with Gasteiger partial charge in [0, 0.05) is 18.0 Å². The van der Waals surface area contributed by atoms with E-state index in [-0.39, 0.29) is 11.9 Å². The van der Waals surface area contributed by atoms with Gasteiger partial charge in [0.1, 0.15) is 0 Å². The molecule has 1 heterocycles. The maximum absolute atomic E-state index is 12.4. The highest BCUT2D eigenvalue weighted by molar-refractivity contribution is 6.17. The van der Waals surface area contributed by atoms with Crippen LogP contribution in [0.15, 0.2) is 24.3 Å². The standard InChI is InChI=1S/C14H18ClNO2/c1-2-13-10-18-8-7-16(13)14(17)12-5-3-11(9-15)4-6-12/h3-6,13H,2,7-10H2,1H3. The van der Waals surface area contributed by atoms with Gasteiger partial charge in [-0.2, -0.15) is 0 Å². The molecule has 4 heteroatoms. The Bertz CT molecular complexity index is 405. The molecule has 98 valence electrons. The molecule has 0 radical (unpaired) electrons. The lowest BCUT2D eigenvalue weighted by Gasteiger charge is -2.35. The van der Waals surface area contributed by atoms with Crippen LogP contribution in [0.1, 0.15) is 29.3 Å². The van der Waals surface area contributed by atoms with E-state index in [9.17, 15) is 4.79 Å². The monoisotopic (exact) mass is 267 g/mol. The molecule has 1 amide bonds. The van der Waals surface area contributed by atoms with Crippen LogP contribution in [-0.4, -0.2) is 36.6 Å². The molecule has 1 fully saturated rings. The lowest BCUT2D eigenvalue weighted by Crippen LogP contribution is -2.48. The number of halogens is 1. The molecule has 3 nitrogen and oxygen atoms in total. The van der Waals surface area contributed by atoms with Gasteiger partial charge in [-0.05, 0) is 24.1 Å². The lowest BCUT2D eigenvalue weighted by atomic mass is 10.1. The van der Waals surface area contributed by atoms with Crippen LogP contribution >= 0.6 is 11.6 Å². The number of hydrogen-bond donors (Lipinski definition) is 0.